The Labute approximate surface area is 172 Å². The molecule has 1 saturated heterocycles. The lowest BCUT2D eigenvalue weighted by Crippen LogP contribution is -2.32. The summed E-state index contributed by atoms with van der Waals surface area (Å²) in [7, 11) is 0. The highest BCUT2D eigenvalue weighted by Gasteiger charge is 2.27. The third kappa shape index (κ3) is 4.37. The largest absolute Gasteiger partial charge is 0.760 e. The molecule has 3 heterocycles. The van der Waals surface area contributed by atoms with Crippen molar-refractivity contribution in [3.8, 4) is 0 Å². The highest BCUT2D eigenvalue weighted by atomic mass is 32.2. The molecule has 2 aromatic rings. The molecular formula is C18H28N7O3S-. The maximum absolute atomic E-state index is 11.2. The third-order valence-corrected chi connectivity index (χ3v) is 6.74. The molecule has 10 nitrogen and oxygen atoms in total. The Morgan fingerprint density at radius 2 is 2.14 bits per heavy atom. The van der Waals surface area contributed by atoms with E-state index in [1.807, 2.05) is 11.5 Å². The molecule has 2 aromatic heterocycles. The molecule has 4 rings (SSSR count). The summed E-state index contributed by atoms with van der Waals surface area (Å²) < 4.78 is 25.8. The van der Waals surface area contributed by atoms with Gasteiger partial charge in [-0.15, -0.1) is 0 Å². The Morgan fingerprint density at radius 3 is 2.79 bits per heavy atom. The van der Waals surface area contributed by atoms with Gasteiger partial charge in [-0.2, -0.15) is 9.97 Å². The molecule has 2 aliphatic rings. The van der Waals surface area contributed by atoms with Crippen molar-refractivity contribution in [3.05, 3.63) is 6.33 Å². The van der Waals surface area contributed by atoms with E-state index >= 15 is 0 Å². The maximum Gasteiger partial charge on any atom is 0.227 e. The fraction of sp³-hybridized carbons (Fsp3) is 0.722. The van der Waals surface area contributed by atoms with Gasteiger partial charge in [0.15, 0.2) is 17.0 Å². The molecule has 0 aromatic carbocycles. The number of hydrogen-bond acceptors (Lipinski definition) is 8. The van der Waals surface area contributed by atoms with Crippen LogP contribution in [0, 0.1) is 5.92 Å². The Morgan fingerprint density at radius 1 is 1.34 bits per heavy atom. The molecule has 3 unspecified atom stereocenters. The number of hydrogen-bond donors (Lipinski definition) is 3. The van der Waals surface area contributed by atoms with Crippen LogP contribution in [0.4, 0.5) is 11.8 Å². The van der Waals surface area contributed by atoms with E-state index in [1.54, 1.807) is 6.33 Å². The average molecular weight is 423 g/mol. The number of aliphatic hydroxyl groups is 1. The van der Waals surface area contributed by atoms with Crippen molar-refractivity contribution in [2.24, 2.45) is 5.92 Å². The molecule has 0 amide bonds. The summed E-state index contributed by atoms with van der Waals surface area (Å²) in [6, 6.07) is -0.111. The number of nitrogens with zero attached hydrogens (tertiary/aromatic N) is 5. The van der Waals surface area contributed by atoms with Crippen LogP contribution in [0.1, 0.15) is 39.0 Å². The summed E-state index contributed by atoms with van der Waals surface area (Å²) in [5.74, 6) is 1.47. The summed E-state index contributed by atoms with van der Waals surface area (Å²) in [5, 5.41) is 16.6. The predicted octanol–water partition coefficient (Wildman–Crippen LogP) is 1.09. The van der Waals surface area contributed by atoms with Crippen LogP contribution in [0.2, 0.25) is 0 Å². The van der Waals surface area contributed by atoms with E-state index in [9.17, 15) is 13.9 Å². The van der Waals surface area contributed by atoms with Crippen LogP contribution >= 0.6 is 0 Å². The molecule has 2 fully saturated rings. The summed E-state index contributed by atoms with van der Waals surface area (Å²) in [6.45, 7) is 3.68. The first-order valence-electron chi connectivity index (χ1n) is 10.3. The average Bonchev–Trinajstić information content (AvgIpc) is 3.46. The van der Waals surface area contributed by atoms with E-state index in [-0.39, 0.29) is 18.7 Å². The molecule has 3 N–H and O–H groups in total. The zero-order valence-electron chi connectivity index (χ0n) is 16.6. The van der Waals surface area contributed by atoms with E-state index in [2.05, 4.69) is 25.6 Å². The lowest BCUT2D eigenvalue weighted by atomic mass is 9.99. The minimum atomic E-state index is -2.21. The molecule has 0 radical (unpaired) electrons. The first-order valence-corrected chi connectivity index (χ1v) is 11.3. The second kappa shape index (κ2) is 8.90. The predicted molar refractivity (Wildman–Crippen MR) is 110 cm³/mol. The maximum atomic E-state index is 11.2. The second-order valence-corrected chi connectivity index (χ2v) is 8.76. The standard InChI is InChI=1S/C18H29N7O3S/c1-2-24-11-19-15-16(20-13-7-8-25(9-13)29(27)28)22-18(23-17(15)24)21-14(10-26)12-5-3-4-6-12/h11-14,26H,2-10H2,1H3,(H,27,28)(H2,20,21,22,23)/p-1. The lowest BCUT2D eigenvalue weighted by molar-refractivity contribution is 0.238. The molecular weight excluding hydrogens is 394 g/mol. The molecule has 29 heavy (non-hydrogen) atoms. The van der Waals surface area contributed by atoms with Crippen LogP contribution in [-0.2, 0) is 17.8 Å². The van der Waals surface area contributed by atoms with Crippen LogP contribution in [0.15, 0.2) is 6.33 Å². The molecule has 3 atom stereocenters. The Balaban J connectivity index is 1.60. The van der Waals surface area contributed by atoms with E-state index in [4.69, 9.17) is 0 Å². The zero-order chi connectivity index (χ0) is 20.4. The van der Waals surface area contributed by atoms with Gasteiger partial charge in [-0.05, 0) is 32.1 Å². The van der Waals surface area contributed by atoms with Crippen molar-refractivity contribution in [1.29, 1.82) is 0 Å². The summed E-state index contributed by atoms with van der Waals surface area (Å²) in [5.41, 5.74) is 1.39. The fourth-order valence-corrected chi connectivity index (χ4v) is 4.91. The summed E-state index contributed by atoms with van der Waals surface area (Å²) in [6.07, 6.45) is 7.03. The third-order valence-electron chi connectivity index (χ3n) is 5.99. The van der Waals surface area contributed by atoms with Gasteiger partial charge in [-0.3, -0.25) is 4.21 Å². The molecule has 1 aliphatic heterocycles. The van der Waals surface area contributed by atoms with Crippen molar-refractivity contribution in [2.75, 3.05) is 30.3 Å². The van der Waals surface area contributed by atoms with Gasteiger partial charge < -0.3 is 24.9 Å². The van der Waals surface area contributed by atoms with E-state index in [0.29, 0.717) is 42.7 Å². The summed E-state index contributed by atoms with van der Waals surface area (Å²) >= 11 is -2.21. The van der Waals surface area contributed by atoms with Gasteiger partial charge in [-0.25, -0.2) is 9.29 Å². The molecule has 11 heteroatoms. The van der Waals surface area contributed by atoms with Crippen LogP contribution < -0.4 is 10.6 Å². The molecule has 1 aliphatic carbocycles. The van der Waals surface area contributed by atoms with E-state index in [1.165, 1.54) is 17.1 Å². The topological polar surface area (TPSA) is 131 Å². The minimum Gasteiger partial charge on any atom is -0.760 e. The van der Waals surface area contributed by atoms with Gasteiger partial charge >= 0.3 is 0 Å². The lowest BCUT2D eigenvalue weighted by Gasteiger charge is -2.23. The summed E-state index contributed by atoms with van der Waals surface area (Å²) in [4.78, 5) is 13.8. The highest BCUT2D eigenvalue weighted by Crippen LogP contribution is 2.30. The first kappa shape index (κ1) is 20.5. The van der Waals surface area contributed by atoms with E-state index in [0.717, 1.165) is 25.0 Å². The van der Waals surface area contributed by atoms with Gasteiger partial charge in [0.05, 0.1) is 19.0 Å². The zero-order valence-corrected chi connectivity index (χ0v) is 17.4. The van der Waals surface area contributed by atoms with Crippen molar-refractivity contribution in [1.82, 2.24) is 23.8 Å². The van der Waals surface area contributed by atoms with Crippen molar-refractivity contribution < 1.29 is 13.9 Å². The van der Waals surface area contributed by atoms with Gasteiger partial charge in [0.1, 0.15) is 0 Å². The SMILES string of the molecule is CCn1cnc2c(NC3CCN(S(=O)[O-])C3)nc(NC(CO)C3CCCC3)nc21. The van der Waals surface area contributed by atoms with Gasteiger partial charge in [0, 0.05) is 36.9 Å². The number of imidazole rings is 1. The minimum absolute atomic E-state index is 0.0332. The van der Waals surface area contributed by atoms with Gasteiger partial charge in [0.2, 0.25) is 5.95 Å². The van der Waals surface area contributed by atoms with Crippen LogP contribution in [0.25, 0.3) is 11.2 Å². The van der Waals surface area contributed by atoms with Gasteiger partial charge in [-0.1, -0.05) is 12.8 Å². The van der Waals surface area contributed by atoms with Crippen LogP contribution in [-0.4, -0.2) is 69.5 Å². The molecule has 0 spiro atoms. The van der Waals surface area contributed by atoms with Crippen molar-refractivity contribution in [3.63, 3.8) is 0 Å². The number of rotatable bonds is 8. The fourth-order valence-electron chi connectivity index (χ4n) is 4.35. The number of nitrogens with one attached hydrogen (secondary N) is 2. The Hall–Kier alpha value is -1.82. The van der Waals surface area contributed by atoms with Crippen LogP contribution in [0.5, 0.6) is 0 Å². The molecule has 0 bridgehead atoms. The highest BCUT2D eigenvalue weighted by molar-refractivity contribution is 7.76. The monoisotopic (exact) mass is 422 g/mol. The second-order valence-electron chi connectivity index (χ2n) is 7.81. The number of fused-ring (bicyclic) bond motifs is 1. The Bertz CT molecular complexity index is 871. The number of aryl methyl sites for hydroxylation is 1. The quantitative estimate of drug-likeness (QED) is 0.539. The normalized spacial score (nSPS) is 22.9. The number of anilines is 2. The molecule has 1 saturated carbocycles. The van der Waals surface area contributed by atoms with Crippen molar-refractivity contribution >= 4 is 34.2 Å². The smallest absolute Gasteiger partial charge is 0.227 e. The number of aromatic nitrogens is 4. The van der Waals surface area contributed by atoms with Crippen LogP contribution in [0.3, 0.4) is 0 Å². The van der Waals surface area contributed by atoms with E-state index < -0.39 is 11.3 Å². The first-order chi connectivity index (χ1) is 14.1. The van der Waals surface area contributed by atoms with Crippen molar-refractivity contribution in [2.45, 2.75) is 57.7 Å². The molecule has 160 valence electrons. The number of aliphatic hydroxyl groups excluding tert-OH is 1. The Kier molecular flexibility index (Phi) is 6.28. The van der Waals surface area contributed by atoms with Gasteiger partial charge in [0.25, 0.3) is 0 Å².